The average Bonchev–Trinajstić information content (AvgIpc) is 2.23. The fourth-order valence-electron chi connectivity index (χ4n) is 1.16. The van der Waals surface area contributed by atoms with Gasteiger partial charge in [-0.05, 0) is 26.3 Å². The van der Waals surface area contributed by atoms with E-state index in [1.165, 1.54) is 5.57 Å². The lowest BCUT2D eigenvalue weighted by Gasteiger charge is -2.04. The van der Waals surface area contributed by atoms with Crippen LogP contribution in [0.4, 0.5) is 0 Å². The zero-order valence-electron chi connectivity index (χ0n) is 10.3. The van der Waals surface area contributed by atoms with Crippen molar-refractivity contribution in [3.05, 3.63) is 11.6 Å². The van der Waals surface area contributed by atoms with Crippen LogP contribution >= 0.6 is 0 Å². The second kappa shape index (κ2) is 11.7. The van der Waals surface area contributed by atoms with Crippen LogP contribution in [0.15, 0.2) is 11.6 Å². The molecule has 0 fully saturated rings. The second-order valence-electron chi connectivity index (χ2n) is 3.63. The fraction of sp³-hybridized carbons (Fsp3) is 0.833. The van der Waals surface area contributed by atoms with E-state index in [0.717, 1.165) is 45.8 Å². The molecule has 0 aromatic rings. The normalized spacial score (nSPS) is 12.1. The van der Waals surface area contributed by atoms with E-state index >= 15 is 0 Å². The van der Waals surface area contributed by atoms with Crippen molar-refractivity contribution < 1.29 is 9.47 Å². The van der Waals surface area contributed by atoms with Gasteiger partial charge in [-0.1, -0.05) is 18.6 Å². The van der Waals surface area contributed by atoms with Gasteiger partial charge in [0, 0.05) is 20.3 Å². The molecule has 0 saturated carbocycles. The van der Waals surface area contributed by atoms with Crippen LogP contribution in [-0.2, 0) is 9.47 Å². The largest absolute Gasteiger partial charge is 0.383 e. The van der Waals surface area contributed by atoms with Gasteiger partial charge in [-0.25, -0.2) is 0 Å². The van der Waals surface area contributed by atoms with Crippen molar-refractivity contribution in [1.82, 2.24) is 5.32 Å². The summed E-state index contributed by atoms with van der Waals surface area (Å²) in [5.74, 6) is 0. The lowest BCUT2D eigenvalue weighted by atomic mass is 10.2. The molecule has 3 nitrogen and oxygen atoms in total. The molecule has 0 rings (SSSR count). The minimum Gasteiger partial charge on any atom is -0.383 e. The molecule has 0 aromatic carbocycles. The highest BCUT2D eigenvalue weighted by Crippen LogP contribution is 1.96. The molecule has 0 spiro atoms. The maximum atomic E-state index is 5.43. The maximum absolute atomic E-state index is 5.43. The molecule has 0 atom stereocenters. The molecule has 0 aliphatic heterocycles. The van der Waals surface area contributed by atoms with Gasteiger partial charge in [0.15, 0.2) is 0 Å². The van der Waals surface area contributed by atoms with Crippen LogP contribution in [0.3, 0.4) is 0 Å². The Morgan fingerprint density at radius 1 is 1.27 bits per heavy atom. The summed E-state index contributed by atoms with van der Waals surface area (Å²) in [6.07, 6.45) is 4.38. The Morgan fingerprint density at radius 2 is 2.07 bits per heavy atom. The summed E-state index contributed by atoms with van der Waals surface area (Å²) in [6.45, 7) is 8.58. The number of hydrogen-bond acceptors (Lipinski definition) is 3. The van der Waals surface area contributed by atoms with Gasteiger partial charge in [-0.3, -0.25) is 0 Å². The zero-order valence-corrected chi connectivity index (χ0v) is 10.3. The van der Waals surface area contributed by atoms with Crippen LogP contribution in [-0.4, -0.2) is 40.0 Å². The van der Waals surface area contributed by atoms with Crippen molar-refractivity contribution in [3.8, 4) is 0 Å². The maximum Gasteiger partial charge on any atom is 0.0674 e. The highest BCUT2D eigenvalue weighted by Gasteiger charge is 1.90. The Hall–Kier alpha value is -0.380. The topological polar surface area (TPSA) is 30.5 Å². The highest BCUT2D eigenvalue weighted by molar-refractivity contribution is 4.98. The first kappa shape index (κ1) is 14.6. The standard InChI is InChI=1S/C12H25NO2/c1-4-9-15-11-12(2)6-5-7-13-8-10-14-3/h6,13H,4-5,7-11H2,1-3H3. The van der Waals surface area contributed by atoms with Crippen LogP contribution in [0.2, 0.25) is 0 Å². The molecule has 0 aliphatic rings. The predicted molar refractivity (Wildman–Crippen MR) is 64.2 cm³/mol. The minimum absolute atomic E-state index is 0.770. The van der Waals surface area contributed by atoms with Crippen molar-refractivity contribution in [2.45, 2.75) is 26.7 Å². The molecular weight excluding hydrogens is 190 g/mol. The summed E-state index contributed by atoms with van der Waals surface area (Å²) in [4.78, 5) is 0. The smallest absolute Gasteiger partial charge is 0.0674 e. The molecular formula is C12H25NO2. The van der Waals surface area contributed by atoms with E-state index in [4.69, 9.17) is 9.47 Å². The molecule has 3 heteroatoms. The Morgan fingerprint density at radius 3 is 2.73 bits per heavy atom. The van der Waals surface area contributed by atoms with Crippen LogP contribution in [0.25, 0.3) is 0 Å². The van der Waals surface area contributed by atoms with Gasteiger partial charge in [-0.2, -0.15) is 0 Å². The van der Waals surface area contributed by atoms with Gasteiger partial charge in [-0.15, -0.1) is 0 Å². The third-order valence-corrected chi connectivity index (χ3v) is 1.98. The van der Waals surface area contributed by atoms with E-state index < -0.39 is 0 Å². The van der Waals surface area contributed by atoms with Crippen molar-refractivity contribution in [2.24, 2.45) is 0 Å². The fourth-order valence-corrected chi connectivity index (χ4v) is 1.16. The molecule has 0 unspecified atom stereocenters. The van der Waals surface area contributed by atoms with Gasteiger partial charge in [0.1, 0.15) is 0 Å². The van der Waals surface area contributed by atoms with Crippen molar-refractivity contribution in [1.29, 1.82) is 0 Å². The van der Waals surface area contributed by atoms with E-state index in [0.29, 0.717) is 0 Å². The Kier molecular flexibility index (Phi) is 11.4. The third-order valence-electron chi connectivity index (χ3n) is 1.98. The van der Waals surface area contributed by atoms with Crippen LogP contribution in [0.1, 0.15) is 26.7 Å². The Balaban J connectivity index is 3.25. The van der Waals surface area contributed by atoms with E-state index in [-0.39, 0.29) is 0 Å². The monoisotopic (exact) mass is 215 g/mol. The molecule has 0 heterocycles. The van der Waals surface area contributed by atoms with E-state index in [2.05, 4.69) is 25.2 Å². The lowest BCUT2D eigenvalue weighted by molar-refractivity contribution is 0.156. The number of methoxy groups -OCH3 is 1. The summed E-state index contributed by atoms with van der Waals surface area (Å²) in [5, 5.41) is 3.30. The quantitative estimate of drug-likeness (QED) is 0.446. The molecule has 90 valence electrons. The van der Waals surface area contributed by atoms with Gasteiger partial charge in [0.2, 0.25) is 0 Å². The average molecular weight is 215 g/mol. The van der Waals surface area contributed by atoms with E-state index in [1.807, 2.05) is 0 Å². The lowest BCUT2D eigenvalue weighted by Crippen LogP contribution is -2.19. The van der Waals surface area contributed by atoms with Crippen molar-refractivity contribution in [2.75, 3.05) is 40.0 Å². The number of ether oxygens (including phenoxy) is 2. The predicted octanol–water partition coefficient (Wildman–Crippen LogP) is 1.99. The van der Waals surface area contributed by atoms with Crippen LogP contribution < -0.4 is 5.32 Å². The molecule has 0 amide bonds. The van der Waals surface area contributed by atoms with Gasteiger partial charge in [0.05, 0.1) is 13.2 Å². The first-order valence-electron chi connectivity index (χ1n) is 5.74. The minimum atomic E-state index is 0.770. The number of nitrogens with one attached hydrogen (secondary N) is 1. The first-order valence-corrected chi connectivity index (χ1v) is 5.74. The summed E-state index contributed by atoms with van der Waals surface area (Å²) < 4.78 is 10.4. The molecule has 0 saturated heterocycles. The summed E-state index contributed by atoms with van der Waals surface area (Å²) in [7, 11) is 1.72. The molecule has 0 aliphatic carbocycles. The molecule has 15 heavy (non-hydrogen) atoms. The summed E-state index contributed by atoms with van der Waals surface area (Å²) in [5.41, 5.74) is 1.32. The molecule has 0 radical (unpaired) electrons. The Labute approximate surface area is 93.8 Å². The zero-order chi connectivity index (χ0) is 11.4. The highest BCUT2D eigenvalue weighted by atomic mass is 16.5. The SMILES string of the molecule is CCCOCC(C)=CCCNCCOC. The molecule has 0 aromatic heterocycles. The van der Waals surface area contributed by atoms with E-state index in [9.17, 15) is 0 Å². The second-order valence-corrected chi connectivity index (χ2v) is 3.63. The molecule has 0 bridgehead atoms. The van der Waals surface area contributed by atoms with Gasteiger partial charge < -0.3 is 14.8 Å². The molecule has 1 N–H and O–H groups in total. The summed E-state index contributed by atoms with van der Waals surface area (Å²) in [6, 6.07) is 0. The first-order chi connectivity index (χ1) is 7.31. The van der Waals surface area contributed by atoms with Crippen molar-refractivity contribution in [3.63, 3.8) is 0 Å². The number of rotatable bonds is 10. The van der Waals surface area contributed by atoms with Crippen LogP contribution in [0.5, 0.6) is 0 Å². The third kappa shape index (κ3) is 11.5. The number of hydrogen-bond donors (Lipinski definition) is 1. The van der Waals surface area contributed by atoms with Gasteiger partial charge in [0.25, 0.3) is 0 Å². The van der Waals surface area contributed by atoms with Crippen molar-refractivity contribution >= 4 is 0 Å². The summed E-state index contributed by atoms with van der Waals surface area (Å²) >= 11 is 0. The van der Waals surface area contributed by atoms with Gasteiger partial charge >= 0.3 is 0 Å². The van der Waals surface area contributed by atoms with Crippen LogP contribution in [0, 0.1) is 0 Å². The van der Waals surface area contributed by atoms with E-state index in [1.54, 1.807) is 7.11 Å². The Bertz CT molecular complexity index is 158.